The highest BCUT2D eigenvalue weighted by molar-refractivity contribution is 6.13. The van der Waals surface area contributed by atoms with Gasteiger partial charge in [0.25, 0.3) is 0 Å². The number of aromatic nitrogens is 8. The number of alkyl halides is 3. The first-order valence-corrected chi connectivity index (χ1v) is 19.5. The number of hydrogen-bond acceptors (Lipinski definition) is 7. The minimum atomic E-state index is -4.67. The number of nitrogens with zero attached hydrogens (tertiary/aromatic N) is 10. The third kappa shape index (κ3) is 6.18. The molecule has 0 aliphatic heterocycles. The van der Waals surface area contributed by atoms with Crippen LogP contribution in [0.5, 0.6) is 0 Å². The summed E-state index contributed by atoms with van der Waals surface area (Å²) in [7, 11) is 0. The van der Waals surface area contributed by atoms with Gasteiger partial charge in [0.05, 0.1) is 57.2 Å². The van der Waals surface area contributed by atoms with Crippen LogP contribution in [0.15, 0.2) is 115 Å². The van der Waals surface area contributed by atoms with Gasteiger partial charge in [-0.25, -0.2) is 34.7 Å². The lowest BCUT2D eigenvalue weighted by molar-refractivity contribution is -0.137. The van der Waals surface area contributed by atoms with E-state index in [1.807, 2.05) is 119 Å². The first-order chi connectivity index (χ1) is 29.9. The highest BCUT2D eigenvalue weighted by Crippen LogP contribution is 2.45. The third-order valence-corrected chi connectivity index (χ3v) is 11.0. The zero-order chi connectivity index (χ0) is 43.0. The maximum atomic E-state index is 13.9. The lowest BCUT2D eigenvalue weighted by atomic mass is 9.95. The number of para-hydroxylation sites is 2. The molecule has 4 aromatic heterocycles. The number of halogens is 3. The number of fused-ring (bicyclic) bond motifs is 6. The summed E-state index contributed by atoms with van der Waals surface area (Å²) in [6.07, 6.45) is -4.67. The molecule has 10 aromatic rings. The molecule has 0 amide bonds. The molecule has 0 N–H and O–H groups in total. The predicted molar refractivity (Wildman–Crippen MR) is 233 cm³/mol. The highest BCUT2D eigenvalue weighted by atomic mass is 19.4. The van der Waals surface area contributed by atoms with Crippen LogP contribution < -0.4 is 0 Å². The molecule has 0 atom stereocenters. The number of aryl methyl sites for hydroxylation is 4. The number of rotatable bonds is 5. The van der Waals surface area contributed by atoms with Crippen LogP contribution in [0.25, 0.3) is 93.7 Å². The average Bonchev–Trinajstić information content (AvgIpc) is 3.76. The summed E-state index contributed by atoms with van der Waals surface area (Å²) in [6.45, 7) is 15.8. The summed E-state index contributed by atoms with van der Waals surface area (Å²) < 4.78 is 46.0. The minimum Gasteiger partial charge on any atom is -0.308 e. The van der Waals surface area contributed by atoms with Crippen molar-refractivity contribution in [3.63, 3.8) is 0 Å². The molecule has 10 nitrogen and oxygen atoms in total. The van der Waals surface area contributed by atoms with Crippen molar-refractivity contribution >= 4 is 49.3 Å². The molecule has 0 spiro atoms. The number of hydrogen-bond donors (Lipinski definition) is 0. The lowest BCUT2D eigenvalue weighted by Crippen LogP contribution is -2.06. The summed E-state index contributed by atoms with van der Waals surface area (Å²) >= 11 is 0. The van der Waals surface area contributed by atoms with Gasteiger partial charge >= 0.3 is 6.18 Å². The van der Waals surface area contributed by atoms with E-state index in [1.165, 1.54) is 6.07 Å². The van der Waals surface area contributed by atoms with Crippen LogP contribution >= 0.6 is 0 Å². The van der Waals surface area contributed by atoms with Crippen LogP contribution in [-0.2, 0) is 6.18 Å². The van der Waals surface area contributed by atoms with Crippen LogP contribution in [0.2, 0.25) is 0 Å². The van der Waals surface area contributed by atoms with Crippen molar-refractivity contribution in [2.24, 2.45) is 0 Å². The highest BCUT2D eigenvalue weighted by Gasteiger charge is 2.32. The number of nitriles is 1. The summed E-state index contributed by atoms with van der Waals surface area (Å²) in [6, 6.07) is 36.6. The zero-order valence-corrected chi connectivity index (χ0v) is 33.6. The van der Waals surface area contributed by atoms with Crippen molar-refractivity contribution < 1.29 is 13.2 Å². The van der Waals surface area contributed by atoms with Gasteiger partial charge in [-0.05, 0) is 112 Å². The Morgan fingerprint density at radius 1 is 0.532 bits per heavy atom. The Kier molecular flexibility index (Phi) is 8.68. The number of benzene rings is 6. The average molecular weight is 817 g/mol. The third-order valence-electron chi connectivity index (χ3n) is 11.0. The monoisotopic (exact) mass is 816 g/mol. The lowest BCUT2D eigenvalue weighted by Gasteiger charge is -2.20. The van der Waals surface area contributed by atoms with Crippen LogP contribution in [0.3, 0.4) is 0 Å². The summed E-state index contributed by atoms with van der Waals surface area (Å²) in [5.74, 6) is 3.50. The van der Waals surface area contributed by atoms with E-state index in [0.717, 1.165) is 66.9 Å². The second kappa shape index (κ2) is 14.2. The SMILES string of the molecule is [C-]#[N+]c1cc(-n2c3ccccc3c3cc(-c4nc(C)nc(C)n4)ccc32)c(-n2c3ccccc3c3cc(-c4nc(C)nc(C)n4)ccc32)cc1-c1ccc(C(F)(F)F)cc1C#N. The van der Waals surface area contributed by atoms with E-state index in [0.29, 0.717) is 51.9 Å². The largest absolute Gasteiger partial charge is 0.416 e. The zero-order valence-electron chi connectivity index (χ0n) is 33.6. The fourth-order valence-electron chi connectivity index (χ4n) is 8.51. The Labute approximate surface area is 352 Å². The standard InChI is InChI=1S/C49H31F3N10/c1-26-55-27(2)58-47(57-26)30-14-18-43-38(21-30)35-10-6-8-12-41(35)61(43)45-23-37(34-17-16-33(49(50,51)52)20-32(34)25-53)40(54-5)24-46(45)62-42-13-9-7-11-36(42)39-22-31(15-19-44(39)62)48-59-28(3)56-29(4)60-48/h6-24H,1-4H3. The molecule has 62 heavy (non-hydrogen) atoms. The summed E-state index contributed by atoms with van der Waals surface area (Å²) in [5, 5.41) is 14.0. The molecule has 0 saturated carbocycles. The van der Waals surface area contributed by atoms with E-state index in [2.05, 4.69) is 49.9 Å². The Hall–Kier alpha value is -8.29. The molecule has 0 saturated heterocycles. The van der Waals surface area contributed by atoms with Crippen LogP contribution in [0.4, 0.5) is 18.9 Å². The van der Waals surface area contributed by atoms with Gasteiger partial charge in [-0.15, -0.1) is 0 Å². The maximum absolute atomic E-state index is 13.9. The Balaban J connectivity index is 1.32. The molecular formula is C49H31F3N10. The molecule has 298 valence electrons. The second-order valence-corrected chi connectivity index (χ2v) is 15.0. The Morgan fingerprint density at radius 3 is 1.47 bits per heavy atom. The molecule has 0 aliphatic rings. The molecule has 4 heterocycles. The normalized spacial score (nSPS) is 11.8. The van der Waals surface area contributed by atoms with Gasteiger partial charge in [0.15, 0.2) is 17.3 Å². The van der Waals surface area contributed by atoms with Crippen molar-refractivity contribution in [1.29, 1.82) is 5.26 Å². The minimum absolute atomic E-state index is 0.155. The van der Waals surface area contributed by atoms with E-state index in [-0.39, 0.29) is 16.8 Å². The van der Waals surface area contributed by atoms with Gasteiger partial charge in [-0.2, -0.15) is 18.4 Å². The molecule has 0 unspecified atom stereocenters. The van der Waals surface area contributed by atoms with Crippen LogP contribution in [-0.4, -0.2) is 39.0 Å². The maximum Gasteiger partial charge on any atom is 0.416 e. The molecule has 0 bridgehead atoms. The molecule has 0 fully saturated rings. The molecule has 0 radical (unpaired) electrons. The van der Waals surface area contributed by atoms with Crippen molar-refractivity contribution in [3.8, 4) is 51.3 Å². The van der Waals surface area contributed by atoms with Crippen LogP contribution in [0, 0.1) is 45.6 Å². The first-order valence-electron chi connectivity index (χ1n) is 19.5. The van der Waals surface area contributed by atoms with E-state index in [1.54, 1.807) is 6.07 Å². The van der Waals surface area contributed by atoms with E-state index in [4.69, 9.17) is 6.57 Å². The van der Waals surface area contributed by atoms with Crippen molar-refractivity contribution in [3.05, 3.63) is 161 Å². The van der Waals surface area contributed by atoms with Crippen LogP contribution in [0.1, 0.15) is 34.4 Å². The van der Waals surface area contributed by atoms with Gasteiger partial charge in [0, 0.05) is 32.7 Å². The van der Waals surface area contributed by atoms with E-state index >= 15 is 0 Å². The predicted octanol–water partition coefficient (Wildman–Crippen LogP) is 11.9. The van der Waals surface area contributed by atoms with Gasteiger partial charge in [0.2, 0.25) is 0 Å². The van der Waals surface area contributed by atoms with E-state index < -0.39 is 11.7 Å². The Morgan fingerprint density at radius 2 is 1.00 bits per heavy atom. The molecule has 13 heteroatoms. The molecular weight excluding hydrogens is 786 g/mol. The Bertz CT molecular complexity index is 3570. The molecule has 0 aliphatic carbocycles. The smallest absolute Gasteiger partial charge is 0.308 e. The van der Waals surface area contributed by atoms with E-state index in [9.17, 15) is 18.4 Å². The van der Waals surface area contributed by atoms with Crippen molar-refractivity contribution in [2.75, 3.05) is 0 Å². The van der Waals surface area contributed by atoms with Gasteiger partial charge in [-0.1, -0.05) is 42.5 Å². The topological polar surface area (TPSA) is 115 Å². The van der Waals surface area contributed by atoms with Gasteiger partial charge in [0.1, 0.15) is 23.3 Å². The summed E-state index contributed by atoms with van der Waals surface area (Å²) in [4.78, 5) is 31.2. The first kappa shape index (κ1) is 37.9. The van der Waals surface area contributed by atoms with Crippen molar-refractivity contribution in [2.45, 2.75) is 33.9 Å². The van der Waals surface area contributed by atoms with Crippen molar-refractivity contribution in [1.82, 2.24) is 39.0 Å². The van der Waals surface area contributed by atoms with Gasteiger partial charge < -0.3 is 9.13 Å². The molecule has 6 aromatic carbocycles. The molecule has 10 rings (SSSR count). The fourth-order valence-corrected chi connectivity index (χ4v) is 8.51. The summed E-state index contributed by atoms with van der Waals surface area (Å²) in [5.41, 5.74) is 5.71. The second-order valence-electron chi connectivity index (χ2n) is 15.0. The quantitative estimate of drug-likeness (QED) is 0.159. The van der Waals surface area contributed by atoms with Gasteiger partial charge in [-0.3, -0.25) is 0 Å². The fraction of sp³-hybridized carbons (Fsp3) is 0.102.